The molecule has 1 fully saturated rings. The first kappa shape index (κ1) is 20.5. The maximum atomic E-state index is 12.3. The molecule has 3 aromatic rings. The van der Waals surface area contributed by atoms with Crippen molar-refractivity contribution in [2.75, 3.05) is 0 Å². The van der Waals surface area contributed by atoms with Gasteiger partial charge in [0.15, 0.2) is 0 Å². The van der Waals surface area contributed by atoms with E-state index in [0.717, 1.165) is 10.6 Å². The number of nitrogens with zero attached hydrogens (tertiary/aromatic N) is 1. The maximum Gasteiger partial charge on any atom is 0.251 e. The van der Waals surface area contributed by atoms with Crippen LogP contribution in [0.1, 0.15) is 45.4 Å². The molecule has 0 radical (unpaired) electrons. The van der Waals surface area contributed by atoms with Gasteiger partial charge in [-0.3, -0.25) is 4.79 Å². The molecule has 0 saturated heterocycles. The Morgan fingerprint density at radius 3 is 2.47 bits per heavy atom. The highest BCUT2D eigenvalue weighted by Gasteiger charge is 2.26. The van der Waals surface area contributed by atoms with E-state index in [2.05, 4.69) is 15.7 Å². The monoisotopic (exact) mass is 443 g/mol. The summed E-state index contributed by atoms with van der Waals surface area (Å²) in [5.74, 6) is 1.08. The molecule has 1 amide bonds. The van der Waals surface area contributed by atoms with Crippen LogP contribution in [0.15, 0.2) is 58.8 Å². The van der Waals surface area contributed by atoms with Crippen LogP contribution in [0.25, 0.3) is 0 Å². The van der Waals surface area contributed by atoms with Crippen LogP contribution in [-0.2, 0) is 23.2 Å². The van der Waals surface area contributed by atoms with Gasteiger partial charge < -0.3 is 10.1 Å². The minimum Gasteiger partial charge on any atom is -0.486 e. The molecule has 0 bridgehead atoms. The number of nitrogens with two attached hydrogens (primary N) is 1. The lowest BCUT2D eigenvalue weighted by atomic mass is 10.2. The lowest BCUT2D eigenvalue weighted by Gasteiger charge is -2.08. The van der Waals surface area contributed by atoms with Gasteiger partial charge in [0, 0.05) is 23.4 Å². The number of nitrogens with one attached hydrogen (secondary N) is 1. The number of benzene rings is 2. The molecule has 0 aliphatic heterocycles. The zero-order chi connectivity index (χ0) is 21.1. The zero-order valence-corrected chi connectivity index (χ0v) is 17.7. The van der Waals surface area contributed by atoms with Gasteiger partial charge >= 0.3 is 0 Å². The number of aromatic nitrogens is 1. The fourth-order valence-electron chi connectivity index (χ4n) is 2.89. The Morgan fingerprint density at radius 1 is 1.13 bits per heavy atom. The molecule has 0 spiro atoms. The Morgan fingerprint density at radius 2 is 1.83 bits per heavy atom. The number of primary sulfonamides is 1. The second-order valence-electron chi connectivity index (χ2n) is 7.13. The number of sulfonamides is 1. The molecular formula is C21H21N3O4S2. The van der Waals surface area contributed by atoms with Gasteiger partial charge in [0.05, 0.1) is 10.6 Å². The maximum absolute atomic E-state index is 12.3. The quantitative estimate of drug-likeness (QED) is 0.555. The number of rotatable bonds is 8. The number of hydrogen-bond donors (Lipinski definition) is 2. The first-order valence-electron chi connectivity index (χ1n) is 9.45. The van der Waals surface area contributed by atoms with Gasteiger partial charge in [-0.15, -0.1) is 11.3 Å². The molecule has 1 saturated carbocycles. The average Bonchev–Trinajstić information content (AvgIpc) is 3.48. The minimum atomic E-state index is -3.72. The Labute approximate surface area is 179 Å². The molecule has 0 atom stereocenters. The van der Waals surface area contributed by atoms with E-state index in [-0.39, 0.29) is 17.3 Å². The van der Waals surface area contributed by atoms with Crippen molar-refractivity contribution in [2.24, 2.45) is 5.14 Å². The first-order chi connectivity index (χ1) is 14.4. The van der Waals surface area contributed by atoms with Gasteiger partial charge in [0.25, 0.3) is 5.91 Å². The fraction of sp³-hybridized carbons (Fsp3) is 0.238. The summed E-state index contributed by atoms with van der Waals surface area (Å²) in [4.78, 5) is 17.0. The van der Waals surface area contributed by atoms with Gasteiger partial charge in [-0.25, -0.2) is 18.5 Å². The molecule has 3 N–H and O–H groups in total. The van der Waals surface area contributed by atoms with Crippen LogP contribution in [-0.4, -0.2) is 19.3 Å². The van der Waals surface area contributed by atoms with Crippen LogP contribution in [0, 0.1) is 0 Å². The van der Waals surface area contributed by atoms with Crippen LogP contribution >= 0.6 is 11.3 Å². The molecule has 9 heteroatoms. The van der Waals surface area contributed by atoms with E-state index >= 15 is 0 Å². The van der Waals surface area contributed by atoms with E-state index in [1.165, 1.54) is 30.7 Å². The normalized spacial score (nSPS) is 13.8. The second kappa shape index (κ2) is 8.55. The summed E-state index contributed by atoms with van der Waals surface area (Å²) in [5.41, 5.74) is 2.45. The lowest BCUT2D eigenvalue weighted by Crippen LogP contribution is -2.22. The van der Waals surface area contributed by atoms with E-state index < -0.39 is 10.0 Å². The van der Waals surface area contributed by atoms with Crippen molar-refractivity contribution in [1.29, 1.82) is 0 Å². The van der Waals surface area contributed by atoms with Gasteiger partial charge in [-0.2, -0.15) is 0 Å². The lowest BCUT2D eigenvalue weighted by molar-refractivity contribution is 0.0951. The third-order valence-electron chi connectivity index (χ3n) is 4.75. The molecule has 1 aromatic heterocycles. The fourth-order valence-corrected chi connectivity index (χ4v) is 4.19. The first-order valence-corrected chi connectivity index (χ1v) is 11.9. The van der Waals surface area contributed by atoms with Gasteiger partial charge in [-0.05, 0) is 54.8 Å². The molecule has 0 unspecified atom stereocenters. The number of amides is 1. The Kier molecular flexibility index (Phi) is 5.85. The molecule has 1 aliphatic carbocycles. The van der Waals surface area contributed by atoms with Crippen LogP contribution in [0.4, 0.5) is 0 Å². The van der Waals surface area contributed by atoms with E-state index in [1.807, 2.05) is 0 Å². The van der Waals surface area contributed by atoms with Gasteiger partial charge in [0.2, 0.25) is 10.0 Å². The van der Waals surface area contributed by atoms with Crippen molar-refractivity contribution in [2.45, 2.75) is 36.8 Å². The Hall–Kier alpha value is -2.75. The van der Waals surface area contributed by atoms with Crippen LogP contribution < -0.4 is 15.2 Å². The van der Waals surface area contributed by atoms with Gasteiger partial charge in [0.1, 0.15) is 17.4 Å². The standard InChI is InChI=1S/C21H21N3O4S2/c22-30(26,27)18-9-1-14(2-10-18)11-23-21(25)16-5-7-17(8-6-16)28-12-20-24-19(13-29-20)15-3-4-15/h1-2,5-10,13,15H,3-4,11-12H2,(H,23,25)(H2,22,26,27). The zero-order valence-electron chi connectivity index (χ0n) is 16.1. The number of ether oxygens (including phenoxy) is 1. The summed E-state index contributed by atoms with van der Waals surface area (Å²) in [5, 5.41) is 10.9. The summed E-state index contributed by atoms with van der Waals surface area (Å²) in [6, 6.07) is 13.0. The Bertz CT molecular complexity index is 1140. The summed E-state index contributed by atoms with van der Waals surface area (Å²) in [6.45, 7) is 0.687. The summed E-state index contributed by atoms with van der Waals surface area (Å²) in [6.07, 6.45) is 2.46. The van der Waals surface area contributed by atoms with Crippen molar-refractivity contribution in [3.63, 3.8) is 0 Å². The van der Waals surface area contributed by atoms with Crippen molar-refractivity contribution in [3.8, 4) is 5.75 Å². The predicted octanol–water partition coefficient (Wildman–Crippen LogP) is 3.18. The molecule has 4 rings (SSSR count). The molecule has 156 valence electrons. The van der Waals surface area contributed by atoms with Crippen molar-refractivity contribution in [3.05, 3.63) is 75.7 Å². The highest BCUT2D eigenvalue weighted by Crippen LogP contribution is 2.40. The van der Waals surface area contributed by atoms with Crippen molar-refractivity contribution in [1.82, 2.24) is 10.3 Å². The van der Waals surface area contributed by atoms with E-state index in [0.29, 0.717) is 23.8 Å². The SMILES string of the molecule is NS(=O)(=O)c1ccc(CNC(=O)c2ccc(OCc3nc(C4CC4)cs3)cc2)cc1. The smallest absolute Gasteiger partial charge is 0.251 e. The molecular weight excluding hydrogens is 422 g/mol. The average molecular weight is 444 g/mol. The highest BCUT2D eigenvalue weighted by molar-refractivity contribution is 7.89. The molecule has 2 aromatic carbocycles. The van der Waals surface area contributed by atoms with Crippen molar-refractivity contribution < 1.29 is 17.9 Å². The predicted molar refractivity (Wildman–Crippen MR) is 114 cm³/mol. The summed E-state index contributed by atoms with van der Waals surface area (Å²) >= 11 is 1.61. The molecule has 1 aliphatic rings. The van der Waals surface area contributed by atoms with Crippen molar-refractivity contribution >= 4 is 27.3 Å². The summed E-state index contributed by atoms with van der Waals surface area (Å²) < 4.78 is 28.3. The van der Waals surface area contributed by atoms with E-state index in [9.17, 15) is 13.2 Å². The number of carbonyl (C=O) groups is 1. The van der Waals surface area contributed by atoms with E-state index in [1.54, 1.807) is 47.7 Å². The molecule has 30 heavy (non-hydrogen) atoms. The van der Waals surface area contributed by atoms with Crippen LogP contribution in [0.5, 0.6) is 5.75 Å². The topological polar surface area (TPSA) is 111 Å². The number of thiazole rings is 1. The second-order valence-corrected chi connectivity index (χ2v) is 9.63. The summed E-state index contributed by atoms with van der Waals surface area (Å²) in [7, 11) is -3.72. The van der Waals surface area contributed by atoms with E-state index in [4.69, 9.17) is 9.88 Å². The minimum absolute atomic E-state index is 0.0367. The largest absolute Gasteiger partial charge is 0.486 e. The highest BCUT2D eigenvalue weighted by atomic mass is 32.2. The molecule has 7 nitrogen and oxygen atoms in total. The van der Waals surface area contributed by atoms with Crippen LogP contribution in [0.3, 0.4) is 0 Å². The Balaban J connectivity index is 1.28. The number of carbonyl (C=O) groups excluding carboxylic acids is 1. The third kappa shape index (κ3) is 5.24. The molecule has 1 heterocycles. The third-order valence-corrected chi connectivity index (χ3v) is 6.52. The van der Waals surface area contributed by atoms with Gasteiger partial charge in [-0.1, -0.05) is 12.1 Å². The van der Waals surface area contributed by atoms with Crippen LogP contribution in [0.2, 0.25) is 0 Å². The number of hydrogen-bond acceptors (Lipinski definition) is 6.